The lowest BCUT2D eigenvalue weighted by Crippen LogP contribution is -2.32. The number of aromatic nitrogens is 3. The molecule has 1 saturated carbocycles. The van der Waals surface area contributed by atoms with Crippen LogP contribution in [-0.2, 0) is 37.9 Å². The van der Waals surface area contributed by atoms with Crippen LogP contribution in [0.5, 0.6) is 0 Å². The molecule has 6 heteroatoms. The van der Waals surface area contributed by atoms with Crippen LogP contribution in [0.4, 0.5) is 0 Å². The zero-order chi connectivity index (χ0) is 16.5. The summed E-state index contributed by atoms with van der Waals surface area (Å²) in [6.45, 7) is 3.35. The number of amides is 1. The summed E-state index contributed by atoms with van der Waals surface area (Å²) in [5, 5.41) is 3.06. The lowest BCUT2D eigenvalue weighted by molar-refractivity contribution is -0.122. The highest BCUT2D eigenvalue weighted by Gasteiger charge is 2.29. The van der Waals surface area contributed by atoms with Gasteiger partial charge in [-0.05, 0) is 36.0 Å². The Labute approximate surface area is 141 Å². The molecule has 0 unspecified atom stereocenters. The number of imidazole rings is 1. The van der Waals surface area contributed by atoms with E-state index in [2.05, 4.69) is 24.8 Å². The number of nitrogens with zero attached hydrogens (tertiary/aromatic N) is 4. The number of rotatable bonds is 5. The molecule has 2 aromatic rings. The van der Waals surface area contributed by atoms with E-state index in [1.165, 1.54) is 11.1 Å². The van der Waals surface area contributed by atoms with Crippen molar-refractivity contribution in [2.75, 3.05) is 6.54 Å². The van der Waals surface area contributed by atoms with Crippen LogP contribution in [0.1, 0.15) is 35.4 Å². The number of hydrogen-bond donors (Lipinski definition) is 1. The quantitative estimate of drug-likeness (QED) is 0.902. The van der Waals surface area contributed by atoms with Crippen LogP contribution >= 0.6 is 0 Å². The smallest absolute Gasteiger partial charge is 0.223 e. The maximum Gasteiger partial charge on any atom is 0.223 e. The summed E-state index contributed by atoms with van der Waals surface area (Å²) in [6, 6.07) is 0. The fourth-order valence-corrected chi connectivity index (χ4v) is 3.33. The van der Waals surface area contributed by atoms with Crippen molar-refractivity contribution in [3.63, 3.8) is 0 Å². The van der Waals surface area contributed by atoms with E-state index in [-0.39, 0.29) is 11.8 Å². The molecule has 1 fully saturated rings. The van der Waals surface area contributed by atoms with Crippen molar-refractivity contribution in [2.45, 2.75) is 38.9 Å². The van der Waals surface area contributed by atoms with E-state index in [4.69, 9.17) is 0 Å². The van der Waals surface area contributed by atoms with Gasteiger partial charge in [-0.1, -0.05) is 0 Å². The van der Waals surface area contributed by atoms with E-state index in [9.17, 15) is 4.79 Å². The van der Waals surface area contributed by atoms with Gasteiger partial charge in [0.1, 0.15) is 5.82 Å². The maximum atomic E-state index is 11.9. The standard InChI is InChI=1S/C18H23N5O/c1-22-7-5-20-17(22)12-23-6-4-16-14(8-19-9-15(16)11-23)10-21-18(24)13-2-3-13/h5,7-9,13H,2-4,6,10-12H2,1H3,(H,21,24). The number of carbonyl (C=O) groups excluding carboxylic acids is 1. The van der Waals surface area contributed by atoms with Crippen molar-refractivity contribution in [1.82, 2.24) is 24.8 Å². The zero-order valence-electron chi connectivity index (χ0n) is 14.0. The Hall–Kier alpha value is -2.21. The maximum absolute atomic E-state index is 11.9. The summed E-state index contributed by atoms with van der Waals surface area (Å²) in [5.41, 5.74) is 3.80. The summed E-state index contributed by atoms with van der Waals surface area (Å²) in [6.07, 6.45) is 10.8. The van der Waals surface area contributed by atoms with E-state index in [0.717, 1.165) is 50.3 Å². The Kier molecular flexibility index (Phi) is 4.06. The molecule has 2 aromatic heterocycles. The molecule has 6 nitrogen and oxygen atoms in total. The monoisotopic (exact) mass is 325 g/mol. The minimum absolute atomic E-state index is 0.194. The first-order valence-corrected chi connectivity index (χ1v) is 8.61. The van der Waals surface area contributed by atoms with Gasteiger partial charge in [-0.3, -0.25) is 14.7 Å². The lowest BCUT2D eigenvalue weighted by atomic mass is 9.97. The first-order chi connectivity index (χ1) is 11.7. The topological polar surface area (TPSA) is 63.1 Å². The third-order valence-electron chi connectivity index (χ3n) is 5.00. The van der Waals surface area contributed by atoms with E-state index in [1.54, 1.807) is 0 Å². The van der Waals surface area contributed by atoms with Crippen molar-refractivity contribution in [1.29, 1.82) is 0 Å². The highest BCUT2D eigenvalue weighted by molar-refractivity contribution is 5.80. The highest BCUT2D eigenvalue weighted by Crippen LogP contribution is 2.29. The van der Waals surface area contributed by atoms with Crippen LogP contribution < -0.4 is 5.32 Å². The number of pyridine rings is 1. The molecule has 0 saturated heterocycles. The molecule has 3 heterocycles. The minimum atomic E-state index is 0.194. The molecule has 0 aromatic carbocycles. The molecule has 0 bridgehead atoms. The second kappa shape index (κ2) is 6.36. The van der Waals surface area contributed by atoms with E-state index < -0.39 is 0 Å². The Morgan fingerprint density at radius 3 is 3.00 bits per heavy atom. The number of nitrogens with one attached hydrogen (secondary N) is 1. The average Bonchev–Trinajstić information content (AvgIpc) is 3.37. The van der Waals surface area contributed by atoms with Gasteiger partial charge in [0, 0.05) is 57.4 Å². The van der Waals surface area contributed by atoms with Crippen LogP contribution in [0, 0.1) is 5.92 Å². The van der Waals surface area contributed by atoms with Gasteiger partial charge in [-0.15, -0.1) is 0 Å². The second-order valence-corrected chi connectivity index (χ2v) is 6.84. The Morgan fingerprint density at radius 2 is 2.25 bits per heavy atom. The predicted molar refractivity (Wildman–Crippen MR) is 89.8 cm³/mol. The molecule has 126 valence electrons. The van der Waals surface area contributed by atoms with Gasteiger partial charge in [-0.25, -0.2) is 4.98 Å². The Balaban J connectivity index is 1.43. The summed E-state index contributed by atoms with van der Waals surface area (Å²) < 4.78 is 2.07. The largest absolute Gasteiger partial charge is 0.352 e. The van der Waals surface area contributed by atoms with Gasteiger partial charge in [0.25, 0.3) is 0 Å². The van der Waals surface area contributed by atoms with Crippen molar-refractivity contribution in [3.05, 3.63) is 47.3 Å². The van der Waals surface area contributed by atoms with Crippen molar-refractivity contribution < 1.29 is 4.79 Å². The Morgan fingerprint density at radius 1 is 1.38 bits per heavy atom. The molecule has 1 amide bonds. The molecule has 2 aliphatic rings. The third-order valence-corrected chi connectivity index (χ3v) is 5.00. The summed E-state index contributed by atoms with van der Waals surface area (Å²) in [4.78, 5) is 23.1. The molecule has 1 N–H and O–H groups in total. The van der Waals surface area contributed by atoms with E-state index >= 15 is 0 Å². The lowest BCUT2D eigenvalue weighted by Gasteiger charge is -2.29. The fraction of sp³-hybridized carbons (Fsp3) is 0.500. The first kappa shape index (κ1) is 15.3. The van der Waals surface area contributed by atoms with Gasteiger partial charge in [-0.2, -0.15) is 0 Å². The van der Waals surface area contributed by atoms with Crippen molar-refractivity contribution in [3.8, 4) is 0 Å². The van der Waals surface area contributed by atoms with Crippen LogP contribution in [0.25, 0.3) is 0 Å². The van der Waals surface area contributed by atoms with Gasteiger partial charge in [0.2, 0.25) is 5.91 Å². The number of fused-ring (bicyclic) bond motifs is 1. The minimum Gasteiger partial charge on any atom is -0.352 e. The van der Waals surface area contributed by atoms with Crippen molar-refractivity contribution in [2.24, 2.45) is 13.0 Å². The zero-order valence-corrected chi connectivity index (χ0v) is 14.0. The number of hydrogen-bond acceptors (Lipinski definition) is 4. The summed E-state index contributed by atoms with van der Waals surface area (Å²) >= 11 is 0. The van der Waals surface area contributed by atoms with E-state index in [0.29, 0.717) is 6.54 Å². The van der Waals surface area contributed by atoms with Crippen LogP contribution in [0.3, 0.4) is 0 Å². The predicted octanol–water partition coefficient (Wildman–Crippen LogP) is 1.40. The molecule has 0 radical (unpaired) electrons. The molecule has 4 rings (SSSR count). The summed E-state index contributed by atoms with van der Waals surface area (Å²) in [7, 11) is 2.03. The molecule has 1 aliphatic heterocycles. The molecule has 0 spiro atoms. The van der Waals surface area contributed by atoms with Crippen LogP contribution in [0.15, 0.2) is 24.8 Å². The molecule has 24 heavy (non-hydrogen) atoms. The average molecular weight is 325 g/mol. The van der Waals surface area contributed by atoms with Crippen LogP contribution in [0.2, 0.25) is 0 Å². The first-order valence-electron chi connectivity index (χ1n) is 8.61. The van der Waals surface area contributed by atoms with Gasteiger partial charge in [0.15, 0.2) is 0 Å². The third kappa shape index (κ3) is 3.19. The second-order valence-electron chi connectivity index (χ2n) is 6.84. The summed E-state index contributed by atoms with van der Waals surface area (Å²) in [5.74, 6) is 1.53. The highest BCUT2D eigenvalue weighted by atomic mass is 16.2. The van der Waals surface area contributed by atoms with Gasteiger partial charge >= 0.3 is 0 Å². The SMILES string of the molecule is Cn1ccnc1CN1CCc2c(CNC(=O)C3CC3)cncc2C1. The van der Waals surface area contributed by atoms with Gasteiger partial charge < -0.3 is 9.88 Å². The molecular formula is C18H23N5O. The van der Waals surface area contributed by atoms with E-state index in [1.807, 2.05) is 31.8 Å². The molecule has 0 atom stereocenters. The molecular weight excluding hydrogens is 302 g/mol. The van der Waals surface area contributed by atoms with Crippen molar-refractivity contribution >= 4 is 5.91 Å². The van der Waals surface area contributed by atoms with Crippen LogP contribution in [-0.4, -0.2) is 31.9 Å². The molecule has 1 aliphatic carbocycles. The normalized spacial score (nSPS) is 17.5. The number of carbonyl (C=O) groups is 1. The Bertz CT molecular complexity index is 750. The number of aryl methyl sites for hydroxylation is 1. The van der Waals surface area contributed by atoms with Gasteiger partial charge in [0.05, 0.1) is 6.54 Å². The fourth-order valence-electron chi connectivity index (χ4n) is 3.33.